The molecule has 1 aliphatic heterocycles. The zero-order valence-electron chi connectivity index (χ0n) is 9.87. The number of nitrogens with zero attached hydrogens (tertiary/aromatic N) is 1. The van der Waals surface area contributed by atoms with Crippen molar-refractivity contribution in [1.82, 2.24) is 10.2 Å². The number of hydrogen-bond acceptors (Lipinski definition) is 3. The van der Waals surface area contributed by atoms with Gasteiger partial charge >= 0.3 is 0 Å². The van der Waals surface area contributed by atoms with E-state index in [1.165, 1.54) is 12.8 Å². The maximum absolute atomic E-state index is 11.9. The number of carbonyl (C=O) groups excluding carboxylic acids is 1. The van der Waals surface area contributed by atoms with Gasteiger partial charge in [-0.1, -0.05) is 12.8 Å². The first-order valence-corrected chi connectivity index (χ1v) is 6.39. The molecular weight excluding hydrogens is 204 g/mol. The van der Waals surface area contributed by atoms with Crippen LogP contribution in [0.3, 0.4) is 0 Å². The Labute approximate surface area is 97.0 Å². The average Bonchev–Trinajstić information content (AvgIpc) is 3.11. The first-order chi connectivity index (χ1) is 7.76. The van der Waals surface area contributed by atoms with Crippen molar-refractivity contribution in [2.75, 3.05) is 26.2 Å². The van der Waals surface area contributed by atoms with Crippen molar-refractivity contribution in [3.63, 3.8) is 0 Å². The van der Waals surface area contributed by atoms with E-state index in [-0.39, 0.29) is 18.1 Å². The van der Waals surface area contributed by atoms with Crippen LogP contribution in [0.5, 0.6) is 0 Å². The van der Waals surface area contributed by atoms with Crippen LogP contribution in [0.25, 0.3) is 0 Å². The topological polar surface area (TPSA) is 52.6 Å². The molecule has 0 aromatic rings. The van der Waals surface area contributed by atoms with E-state index in [1.807, 2.05) is 4.90 Å². The zero-order chi connectivity index (χ0) is 11.4. The van der Waals surface area contributed by atoms with E-state index in [0.29, 0.717) is 6.54 Å². The molecule has 16 heavy (non-hydrogen) atoms. The van der Waals surface area contributed by atoms with Crippen molar-refractivity contribution in [1.29, 1.82) is 0 Å². The van der Waals surface area contributed by atoms with E-state index in [4.69, 9.17) is 5.11 Å². The van der Waals surface area contributed by atoms with E-state index in [2.05, 4.69) is 5.32 Å². The van der Waals surface area contributed by atoms with Gasteiger partial charge in [0.05, 0.1) is 13.2 Å². The van der Waals surface area contributed by atoms with Crippen LogP contribution in [0, 0.1) is 0 Å². The van der Waals surface area contributed by atoms with Crippen LogP contribution < -0.4 is 5.32 Å². The number of carbonyl (C=O) groups is 1. The molecule has 1 saturated heterocycles. The molecular formula is C12H22N2O2. The van der Waals surface area contributed by atoms with Gasteiger partial charge in [0, 0.05) is 18.6 Å². The molecule has 92 valence electrons. The van der Waals surface area contributed by atoms with E-state index >= 15 is 0 Å². The number of aliphatic hydroxyl groups excluding tert-OH is 1. The van der Waals surface area contributed by atoms with Gasteiger partial charge in [-0.3, -0.25) is 4.79 Å². The molecule has 1 heterocycles. The zero-order valence-corrected chi connectivity index (χ0v) is 9.87. The third kappa shape index (κ3) is 2.95. The number of likely N-dealkylation sites (tertiary alicyclic amines) is 1. The molecule has 0 atom stereocenters. The number of aliphatic hydroxyl groups is 1. The van der Waals surface area contributed by atoms with E-state index in [1.54, 1.807) is 0 Å². The second-order valence-corrected chi connectivity index (χ2v) is 5.09. The summed E-state index contributed by atoms with van der Waals surface area (Å²) in [7, 11) is 0. The molecule has 0 bridgehead atoms. The van der Waals surface area contributed by atoms with Crippen LogP contribution in [-0.2, 0) is 4.79 Å². The molecule has 2 aliphatic rings. The highest BCUT2D eigenvalue weighted by molar-refractivity contribution is 5.78. The van der Waals surface area contributed by atoms with E-state index in [0.717, 1.165) is 38.8 Å². The van der Waals surface area contributed by atoms with Crippen LogP contribution >= 0.6 is 0 Å². The predicted molar refractivity (Wildman–Crippen MR) is 62.1 cm³/mol. The molecule has 0 aromatic carbocycles. The van der Waals surface area contributed by atoms with Crippen molar-refractivity contribution < 1.29 is 9.90 Å². The Bertz CT molecular complexity index is 243. The average molecular weight is 226 g/mol. The highest BCUT2D eigenvalue weighted by Crippen LogP contribution is 2.34. The van der Waals surface area contributed by atoms with Crippen molar-refractivity contribution >= 4 is 5.91 Å². The quantitative estimate of drug-likeness (QED) is 0.734. The van der Waals surface area contributed by atoms with Gasteiger partial charge in [-0.2, -0.15) is 0 Å². The molecule has 1 aliphatic carbocycles. The summed E-state index contributed by atoms with van der Waals surface area (Å²) >= 11 is 0. The lowest BCUT2D eigenvalue weighted by Gasteiger charge is -2.22. The van der Waals surface area contributed by atoms with Gasteiger partial charge in [-0.05, 0) is 25.7 Å². The second kappa shape index (κ2) is 5.15. The van der Waals surface area contributed by atoms with E-state index < -0.39 is 0 Å². The maximum atomic E-state index is 11.9. The Morgan fingerprint density at radius 3 is 2.31 bits per heavy atom. The summed E-state index contributed by atoms with van der Waals surface area (Å²) in [6.45, 7) is 2.36. The normalized spacial score (nSPS) is 23.9. The first kappa shape index (κ1) is 11.9. The molecule has 4 heteroatoms. The lowest BCUT2D eigenvalue weighted by molar-refractivity contribution is -0.130. The van der Waals surface area contributed by atoms with E-state index in [9.17, 15) is 4.79 Å². The Morgan fingerprint density at radius 1 is 1.19 bits per heavy atom. The third-order valence-electron chi connectivity index (χ3n) is 3.73. The minimum atomic E-state index is -0.124. The Balaban J connectivity index is 1.74. The molecule has 2 fully saturated rings. The predicted octanol–water partition coefficient (Wildman–Crippen LogP) is 0.503. The van der Waals surface area contributed by atoms with Gasteiger partial charge in [-0.15, -0.1) is 0 Å². The molecule has 0 spiro atoms. The van der Waals surface area contributed by atoms with Crippen molar-refractivity contribution in [2.24, 2.45) is 0 Å². The fraction of sp³-hybridized carbons (Fsp3) is 0.917. The van der Waals surface area contributed by atoms with Crippen LogP contribution in [0.15, 0.2) is 0 Å². The summed E-state index contributed by atoms with van der Waals surface area (Å²) in [4.78, 5) is 13.9. The Kier molecular flexibility index (Phi) is 3.82. The summed E-state index contributed by atoms with van der Waals surface area (Å²) < 4.78 is 0. The number of rotatable bonds is 4. The fourth-order valence-corrected chi connectivity index (χ4v) is 2.24. The summed E-state index contributed by atoms with van der Waals surface area (Å²) in [6, 6.07) is 0. The van der Waals surface area contributed by atoms with Crippen molar-refractivity contribution in [2.45, 2.75) is 44.1 Å². The minimum Gasteiger partial charge on any atom is -0.394 e. The smallest absolute Gasteiger partial charge is 0.236 e. The molecule has 1 saturated carbocycles. The second-order valence-electron chi connectivity index (χ2n) is 5.09. The lowest BCUT2D eigenvalue weighted by atomic mass is 10.2. The Hall–Kier alpha value is -0.610. The van der Waals surface area contributed by atoms with Gasteiger partial charge in [0.25, 0.3) is 0 Å². The highest BCUT2D eigenvalue weighted by atomic mass is 16.3. The summed E-state index contributed by atoms with van der Waals surface area (Å²) in [5, 5.41) is 12.3. The fourth-order valence-electron chi connectivity index (χ4n) is 2.24. The highest BCUT2D eigenvalue weighted by Gasteiger charge is 2.41. The molecule has 1 amide bonds. The SMILES string of the molecule is O=C(CNC1(CO)CC1)N1CCCCCC1. The standard InChI is InChI=1S/C12H22N2O2/c15-10-12(5-6-12)13-9-11(16)14-7-3-1-2-4-8-14/h13,15H,1-10H2. The van der Waals surface area contributed by atoms with Gasteiger partial charge < -0.3 is 15.3 Å². The number of hydrogen-bond donors (Lipinski definition) is 2. The molecule has 4 nitrogen and oxygen atoms in total. The summed E-state index contributed by atoms with van der Waals surface area (Å²) in [5.41, 5.74) is -0.124. The summed E-state index contributed by atoms with van der Waals surface area (Å²) in [5.74, 6) is 0.196. The van der Waals surface area contributed by atoms with Crippen LogP contribution in [0.1, 0.15) is 38.5 Å². The summed E-state index contributed by atoms with van der Waals surface area (Å²) in [6.07, 6.45) is 6.76. The molecule has 2 N–H and O–H groups in total. The largest absolute Gasteiger partial charge is 0.394 e. The van der Waals surface area contributed by atoms with Gasteiger partial charge in [0.2, 0.25) is 5.91 Å². The maximum Gasteiger partial charge on any atom is 0.236 e. The molecule has 0 radical (unpaired) electrons. The van der Waals surface area contributed by atoms with Gasteiger partial charge in [0.1, 0.15) is 0 Å². The van der Waals surface area contributed by atoms with Crippen LogP contribution in [0.4, 0.5) is 0 Å². The molecule has 0 unspecified atom stereocenters. The van der Waals surface area contributed by atoms with Gasteiger partial charge in [0.15, 0.2) is 0 Å². The van der Waals surface area contributed by atoms with Crippen LogP contribution in [-0.4, -0.2) is 47.7 Å². The number of amides is 1. The molecule has 2 rings (SSSR count). The van der Waals surface area contributed by atoms with Crippen molar-refractivity contribution in [3.05, 3.63) is 0 Å². The van der Waals surface area contributed by atoms with Crippen molar-refractivity contribution in [3.8, 4) is 0 Å². The Morgan fingerprint density at radius 2 is 1.81 bits per heavy atom. The lowest BCUT2D eigenvalue weighted by Crippen LogP contribution is -2.44. The monoisotopic (exact) mass is 226 g/mol. The number of nitrogens with one attached hydrogen (secondary N) is 1. The van der Waals surface area contributed by atoms with Crippen LogP contribution in [0.2, 0.25) is 0 Å². The molecule has 0 aromatic heterocycles. The first-order valence-electron chi connectivity index (χ1n) is 6.39. The van der Waals surface area contributed by atoms with Gasteiger partial charge in [-0.25, -0.2) is 0 Å². The minimum absolute atomic E-state index is 0.124. The third-order valence-corrected chi connectivity index (χ3v) is 3.73.